The first-order valence-corrected chi connectivity index (χ1v) is 5.57. The van der Waals surface area contributed by atoms with Crippen LogP contribution in [-0.2, 0) is 0 Å². The fraction of sp³-hybridized carbons (Fsp3) is 0. The number of carbonyl (C=O) groups is 1. The van der Waals surface area contributed by atoms with E-state index in [1.165, 1.54) is 6.07 Å². The third kappa shape index (κ3) is 2.48. The van der Waals surface area contributed by atoms with Crippen molar-refractivity contribution in [1.29, 1.82) is 0 Å². The maximum Gasteiger partial charge on any atom is 0.150 e. The molecule has 0 N–H and O–H groups in total. The van der Waals surface area contributed by atoms with Gasteiger partial charge in [-0.2, -0.15) is 0 Å². The highest BCUT2D eigenvalue weighted by atomic mass is 35.5. The van der Waals surface area contributed by atoms with E-state index in [4.69, 9.17) is 23.2 Å². The lowest BCUT2D eigenvalue weighted by Crippen LogP contribution is -1.88. The van der Waals surface area contributed by atoms with Gasteiger partial charge in [0.25, 0.3) is 0 Å². The molecule has 0 heterocycles. The predicted molar refractivity (Wildman–Crippen MR) is 67.2 cm³/mol. The zero-order valence-electron chi connectivity index (χ0n) is 8.58. The highest BCUT2D eigenvalue weighted by molar-refractivity contribution is 6.42. The molecule has 0 amide bonds. The standard InChI is InChI=1S/C13H7Cl2FO/c14-11-4-2-9(6-12(11)15)10-3-1-8(7-17)5-13(10)16/h1-7H. The van der Waals surface area contributed by atoms with Gasteiger partial charge in [0.05, 0.1) is 10.0 Å². The molecule has 17 heavy (non-hydrogen) atoms. The van der Waals surface area contributed by atoms with Crippen LogP contribution in [0.5, 0.6) is 0 Å². The SMILES string of the molecule is O=Cc1ccc(-c2ccc(Cl)c(Cl)c2)c(F)c1. The number of hydrogen-bond donors (Lipinski definition) is 0. The van der Waals surface area contributed by atoms with Crippen LogP contribution in [0.2, 0.25) is 10.0 Å². The molecule has 0 spiro atoms. The first-order valence-electron chi connectivity index (χ1n) is 4.82. The van der Waals surface area contributed by atoms with Gasteiger partial charge in [-0.3, -0.25) is 4.79 Å². The summed E-state index contributed by atoms with van der Waals surface area (Å²) in [6.45, 7) is 0. The zero-order valence-corrected chi connectivity index (χ0v) is 10.1. The second kappa shape index (κ2) is 4.86. The number of benzene rings is 2. The van der Waals surface area contributed by atoms with Crippen molar-refractivity contribution in [3.8, 4) is 11.1 Å². The number of hydrogen-bond acceptors (Lipinski definition) is 1. The number of rotatable bonds is 2. The Kier molecular flexibility index (Phi) is 3.46. The number of halogens is 3. The first-order chi connectivity index (χ1) is 8.11. The Morgan fingerprint density at radius 1 is 1.00 bits per heavy atom. The molecular formula is C13H7Cl2FO. The third-order valence-corrected chi connectivity index (χ3v) is 3.10. The lowest BCUT2D eigenvalue weighted by atomic mass is 10.0. The van der Waals surface area contributed by atoms with Crippen molar-refractivity contribution in [3.63, 3.8) is 0 Å². The van der Waals surface area contributed by atoms with E-state index < -0.39 is 5.82 Å². The van der Waals surface area contributed by atoms with Crippen molar-refractivity contribution >= 4 is 29.5 Å². The summed E-state index contributed by atoms with van der Waals surface area (Å²) in [7, 11) is 0. The Morgan fingerprint density at radius 3 is 2.35 bits per heavy atom. The molecule has 0 bridgehead atoms. The second-order valence-corrected chi connectivity index (χ2v) is 4.30. The quantitative estimate of drug-likeness (QED) is 0.727. The Bertz CT molecular complexity index is 582. The average molecular weight is 269 g/mol. The number of aldehydes is 1. The lowest BCUT2D eigenvalue weighted by Gasteiger charge is -2.05. The third-order valence-electron chi connectivity index (χ3n) is 2.36. The van der Waals surface area contributed by atoms with Crippen molar-refractivity contribution in [2.24, 2.45) is 0 Å². The van der Waals surface area contributed by atoms with Gasteiger partial charge in [0.15, 0.2) is 0 Å². The Balaban J connectivity index is 2.52. The van der Waals surface area contributed by atoms with Crippen LogP contribution in [0, 0.1) is 5.82 Å². The van der Waals surface area contributed by atoms with E-state index in [2.05, 4.69) is 0 Å². The van der Waals surface area contributed by atoms with E-state index in [1.54, 1.807) is 30.3 Å². The van der Waals surface area contributed by atoms with E-state index in [0.29, 0.717) is 33.0 Å². The molecule has 0 aliphatic heterocycles. The minimum atomic E-state index is -0.465. The number of carbonyl (C=O) groups excluding carboxylic acids is 1. The lowest BCUT2D eigenvalue weighted by molar-refractivity contribution is 0.112. The van der Waals surface area contributed by atoms with Gasteiger partial charge in [0, 0.05) is 11.1 Å². The molecule has 0 unspecified atom stereocenters. The predicted octanol–water partition coefficient (Wildman–Crippen LogP) is 4.61. The maximum atomic E-state index is 13.7. The molecule has 2 aromatic rings. The average Bonchev–Trinajstić information content (AvgIpc) is 2.32. The molecule has 0 aliphatic rings. The zero-order chi connectivity index (χ0) is 12.4. The largest absolute Gasteiger partial charge is 0.298 e. The van der Waals surface area contributed by atoms with Crippen LogP contribution in [0.4, 0.5) is 4.39 Å². The maximum absolute atomic E-state index is 13.7. The summed E-state index contributed by atoms with van der Waals surface area (Å²) in [4.78, 5) is 10.5. The van der Waals surface area contributed by atoms with Gasteiger partial charge in [0.2, 0.25) is 0 Å². The summed E-state index contributed by atoms with van der Waals surface area (Å²) in [6.07, 6.45) is 0.599. The summed E-state index contributed by atoms with van der Waals surface area (Å²) in [5.74, 6) is -0.465. The fourth-order valence-electron chi connectivity index (χ4n) is 1.50. The molecule has 1 nitrogen and oxygen atoms in total. The van der Waals surface area contributed by atoms with Gasteiger partial charge >= 0.3 is 0 Å². The van der Waals surface area contributed by atoms with Crippen LogP contribution in [-0.4, -0.2) is 6.29 Å². The smallest absolute Gasteiger partial charge is 0.150 e. The van der Waals surface area contributed by atoms with Gasteiger partial charge < -0.3 is 0 Å². The summed E-state index contributed by atoms with van der Waals surface area (Å²) in [5, 5.41) is 0.781. The van der Waals surface area contributed by atoms with E-state index in [1.807, 2.05) is 0 Å². The molecule has 0 saturated heterocycles. The molecule has 2 rings (SSSR count). The molecule has 4 heteroatoms. The molecule has 0 saturated carbocycles. The summed E-state index contributed by atoms with van der Waals surface area (Å²) < 4.78 is 13.7. The molecular weight excluding hydrogens is 262 g/mol. The second-order valence-electron chi connectivity index (χ2n) is 3.49. The van der Waals surface area contributed by atoms with E-state index in [0.717, 1.165) is 0 Å². The molecule has 86 valence electrons. The summed E-state index contributed by atoms with van der Waals surface area (Å²) in [6, 6.07) is 9.14. The van der Waals surface area contributed by atoms with Crippen molar-refractivity contribution in [1.82, 2.24) is 0 Å². The molecule has 0 radical (unpaired) electrons. The molecule has 0 fully saturated rings. The highest BCUT2D eigenvalue weighted by Crippen LogP contribution is 2.30. The van der Waals surface area contributed by atoms with E-state index in [9.17, 15) is 9.18 Å². The van der Waals surface area contributed by atoms with Crippen LogP contribution in [0.25, 0.3) is 11.1 Å². The Hall–Kier alpha value is -1.38. The van der Waals surface area contributed by atoms with Gasteiger partial charge in [0.1, 0.15) is 12.1 Å². The van der Waals surface area contributed by atoms with Gasteiger partial charge in [-0.05, 0) is 23.8 Å². The monoisotopic (exact) mass is 268 g/mol. The van der Waals surface area contributed by atoms with Crippen LogP contribution < -0.4 is 0 Å². The van der Waals surface area contributed by atoms with Crippen LogP contribution in [0.3, 0.4) is 0 Å². The van der Waals surface area contributed by atoms with Gasteiger partial charge in [-0.15, -0.1) is 0 Å². The Morgan fingerprint density at radius 2 is 1.76 bits per heavy atom. The van der Waals surface area contributed by atoms with Gasteiger partial charge in [-0.25, -0.2) is 4.39 Å². The topological polar surface area (TPSA) is 17.1 Å². The molecule has 0 aromatic heterocycles. The first kappa shape index (κ1) is 12.1. The fourth-order valence-corrected chi connectivity index (χ4v) is 1.80. The van der Waals surface area contributed by atoms with Crippen LogP contribution in [0.15, 0.2) is 36.4 Å². The van der Waals surface area contributed by atoms with E-state index in [-0.39, 0.29) is 0 Å². The van der Waals surface area contributed by atoms with Gasteiger partial charge in [-0.1, -0.05) is 41.4 Å². The van der Waals surface area contributed by atoms with E-state index >= 15 is 0 Å². The van der Waals surface area contributed by atoms with Crippen molar-refractivity contribution < 1.29 is 9.18 Å². The molecule has 0 aliphatic carbocycles. The van der Waals surface area contributed by atoms with Crippen molar-refractivity contribution in [2.45, 2.75) is 0 Å². The van der Waals surface area contributed by atoms with Crippen LogP contribution >= 0.6 is 23.2 Å². The normalized spacial score (nSPS) is 10.3. The Labute approximate surface area is 108 Å². The van der Waals surface area contributed by atoms with Crippen LogP contribution in [0.1, 0.15) is 10.4 Å². The minimum absolute atomic E-state index is 0.298. The van der Waals surface area contributed by atoms with Crippen molar-refractivity contribution in [3.05, 3.63) is 57.8 Å². The van der Waals surface area contributed by atoms with Crippen molar-refractivity contribution in [2.75, 3.05) is 0 Å². The molecule has 0 atom stereocenters. The summed E-state index contributed by atoms with van der Waals surface area (Å²) in [5.41, 5.74) is 1.30. The highest BCUT2D eigenvalue weighted by Gasteiger charge is 2.07. The molecule has 2 aromatic carbocycles. The summed E-state index contributed by atoms with van der Waals surface area (Å²) >= 11 is 11.6. The minimum Gasteiger partial charge on any atom is -0.298 e.